The highest BCUT2D eigenvalue weighted by molar-refractivity contribution is 6.21. The third-order valence-electron chi connectivity index (χ3n) is 12.8. The van der Waals surface area contributed by atoms with E-state index in [9.17, 15) is 0 Å². The molecule has 1 aromatic heterocycles. The number of anilines is 3. The van der Waals surface area contributed by atoms with Gasteiger partial charge in [-0.2, -0.15) is 0 Å². The molecule has 0 saturated carbocycles. The lowest BCUT2D eigenvalue weighted by atomic mass is 9.61. The summed E-state index contributed by atoms with van der Waals surface area (Å²) in [6, 6.07) is 61.4. The average Bonchev–Trinajstić information content (AvgIpc) is 3.75. The Bertz CT molecular complexity index is 2970. The molecule has 0 bridgehead atoms. The fourth-order valence-electron chi connectivity index (χ4n) is 10.1. The van der Waals surface area contributed by atoms with Crippen LogP contribution in [0.1, 0.15) is 74.9 Å². The van der Waals surface area contributed by atoms with Crippen molar-refractivity contribution in [3.8, 4) is 22.3 Å². The standard InChI is InChI=1S/C55H45NO/c1-53(2,3)35-25-29-37(30-26-35)56(38-31-27-36(28-32-38)54(4,5)6)47-33-46-50(52-51(47)41-19-9-12-24-48(41)57-52)42-20-13-15-34-16-14-23-45(49(34)42)55(46)43-21-10-7-17-39(43)40-18-8-11-22-44(40)55/h7-33H,1-6H3. The third-order valence-corrected chi connectivity index (χ3v) is 12.8. The summed E-state index contributed by atoms with van der Waals surface area (Å²) in [6.45, 7) is 13.7. The van der Waals surface area contributed by atoms with Gasteiger partial charge in [0.25, 0.3) is 0 Å². The molecular formula is C55H45NO. The van der Waals surface area contributed by atoms with Gasteiger partial charge < -0.3 is 9.32 Å². The van der Waals surface area contributed by atoms with Gasteiger partial charge in [0.05, 0.1) is 16.5 Å². The number of furan rings is 1. The highest BCUT2D eigenvalue weighted by atomic mass is 16.3. The zero-order valence-electron chi connectivity index (χ0n) is 33.4. The van der Waals surface area contributed by atoms with Crippen LogP contribution in [0.3, 0.4) is 0 Å². The first-order chi connectivity index (χ1) is 27.5. The third kappa shape index (κ3) is 4.71. The summed E-state index contributed by atoms with van der Waals surface area (Å²) in [7, 11) is 0. The summed E-state index contributed by atoms with van der Waals surface area (Å²) < 4.78 is 7.24. The van der Waals surface area contributed by atoms with E-state index in [4.69, 9.17) is 4.42 Å². The molecule has 9 aromatic rings. The maximum absolute atomic E-state index is 7.24. The first kappa shape index (κ1) is 33.9. The van der Waals surface area contributed by atoms with E-state index >= 15 is 0 Å². The monoisotopic (exact) mass is 735 g/mol. The van der Waals surface area contributed by atoms with Crippen LogP contribution in [0.4, 0.5) is 17.1 Å². The topological polar surface area (TPSA) is 16.4 Å². The fourth-order valence-corrected chi connectivity index (χ4v) is 10.1. The molecule has 0 atom stereocenters. The van der Waals surface area contributed by atoms with Gasteiger partial charge in [0, 0.05) is 22.3 Å². The van der Waals surface area contributed by atoms with Crippen molar-refractivity contribution >= 4 is 49.8 Å². The molecular weight excluding hydrogens is 691 g/mol. The quantitative estimate of drug-likeness (QED) is 0.180. The van der Waals surface area contributed by atoms with Crippen molar-refractivity contribution in [3.63, 3.8) is 0 Å². The van der Waals surface area contributed by atoms with Gasteiger partial charge in [0.1, 0.15) is 11.2 Å². The molecule has 2 aliphatic carbocycles. The van der Waals surface area contributed by atoms with Crippen molar-refractivity contribution < 1.29 is 4.42 Å². The summed E-state index contributed by atoms with van der Waals surface area (Å²) in [5.74, 6) is 0. The van der Waals surface area contributed by atoms with Gasteiger partial charge in [0.2, 0.25) is 0 Å². The van der Waals surface area contributed by atoms with E-state index in [1.54, 1.807) is 0 Å². The summed E-state index contributed by atoms with van der Waals surface area (Å²) in [5.41, 5.74) is 17.4. The smallest absolute Gasteiger partial charge is 0.145 e. The Kier molecular flexibility index (Phi) is 7.03. The molecule has 0 aliphatic heterocycles. The zero-order chi connectivity index (χ0) is 38.8. The summed E-state index contributed by atoms with van der Waals surface area (Å²) in [6.07, 6.45) is 0. The number of rotatable bonds is 3. The van der Waals surface area contributed by atoms with Gasteiger partial charge in [0.15, 0.2) is 0 Å². The van der Waals surface area contributed by atoms with Crippen molar-refractivity contribution in [3.05, 3.63) is 197 Å². The molecule has 57 heavy (non-hydrogen) atoms. The van der Waals surface area contributed by atoms with E-state index in [2.05, 4.69) is 210 Å². The van der Waals surface area contributed by atoms with Gasteiger partial charge >= 0.3 is 0 Å². The second kappa shape index (κ2) is 11.8. The first-order valence-corrected chi connectivity index (χ1v) is 20.3. The van der Waals surface area contributed by atoms with Crippen LogP contribution in [-0.4, -0.2) is 0 Å². The molecule has 2 aliphatic rings. The van der Waals surface area contributed by atoms with Crippen LogP contribution in [0.2, 0.25) is 0 Å². The molecule has 2 heteroatoms. The fraction of sp³-hybridized carbons (Fsp3) is 0.164. The largest absolute Gasteiger partial charge is 0.455 e. The Morgan fingerprint density at radius 2 is 0.965 bits per heavy atom. The molecule has 8 aromatic carbocycles. The Morgan fingerprint density at radius 1 is 0.456 bits per heavy atom. The molecule has 0 radical (unpaired) electrons. The Balaban J connectivity index is 1.33. The molecule has 0 N–H and O–H groups in total. The van der Waals surface area contributed by atoms with E-state index in [0.29, 0.717) is 0 Å². The van der Waals surface area contributed by atoms with Crippen LogP contribution >= 0.6 is 0 Å². The van der Waals surface area contributed by atoms with E-state index in [1.165, 1.54) is 66.4 Å². The molecule has 0 amide bonds. The van der Waals surface area contributed by atoms with Crippen molar-refractivity contribution in [2.24, 2.45) is 0 Å². The second-order valence-electron chi connectivity index (χ2n) is 18.1. The number of benzene rings is 8. The van der Waals surface area contributed by atoms with Crippen LogP contribution in [0, 0.1) is 0 Å². The van der Waals surface area contributed by atoms with Gasteiger partial charge in [-0.3, -0.25) is 0 Å². The lowest BCUT2D eigenvalue weighted by molar-refractivity contribution is 0.590. The minimum Gasteiger partial charge on any atom is -0.455 e. The molecule has 1 heterocycles. The SMILES string of the molecule is CC(C)(C)c1ccc(N(c2ccc(C(C)(C)C)cc2)c2cc3c(c4oc5ccccc5c24)-c2cccc4cccc(c24)C32c3ccccc3-c3ccccc32)cc1. The van der Waals surface area contributed by atoms with Crippen LogP contribution in [0.5, 0.6) is 0 Å². The maximum Gasteiger partial charge on any atom is 0.145 e. The highest BCUT2D eigenvalue weighted by Gasteiger charge is 2.51. The molecule has 0 fully saturated rings. The molecule has 1 spiro atoms. The minimum atomic E-state index is -0.587. The minimum absolute atomic E-state index is 0.0294. The average molecular weight is 736 g/mol. The number of hydrogen-bond donors (Lipinski definition) is 0. The van der Waals surface area contributed by atoms with Gasteiger partial charge in [-0.25, -0.2) is 0 Å². The summed E-state index contributed by atoms with van der Waals surface area (Å²) in [5, 5.41) is 4.76. The summed E-state index contributed by atoms with van der Waals surface area (Å²) >= 11 is 0. The second-order valence-corrected chi connectivity index (χ2v) is 18.1. The van der Waals surface area contributed by atoms with Crippen LogP contribution in [0.15, 0.2) is 168 Å². The van der Waals surface area contributed by atoms with Crippen LogP contribution in [-0.2, 0) is 16.2 Å². The lowest BCUT2D eigenvalue weighted by Crippen LogP contribution is -2.32. The van der Waals surface area contributed by atoms with E-state index < -0.39 is 5.41 Å². The molecule has 0 unspecified atom stereocenters. The molecule has 2 nitrogen and oxygen atoms in total. The van der Waals surface area contributed by atoms with Crippen LogP contribution in [0.25, 0.3) is 55.0 Å². The predicted octanol–water partition coefficient (Wildman–Crippen LogP) is 15.1. The number of nitrogens with zero attached hydrogens (tertiary/aromatic N) is 1. The Hall–Kier alpha value is -6.38. The number of para-hydroxylation sites is 1. The normalized spacial score (nSPS) is 13.9. The van der Waals surface area contributed by atoms with Crippen molar-refractivity contribution in [2.45, 2.75) is 57.8 Å². The Morgan fingerprint density at radius 3 is 1.56 bits per heavy atom. The van der Waals surface area contributed by atoms with Gasteiger partial charge in [-0.15, -0.1) is 0 Å². The highest BCUT2D eigenvalue weighted by Crippen LogP contribution is 2.64. The first-order valence-electron chi connectivity index (χ1n) is 20.3. The Labute approximate surface area is 335 Å². The number of hydrogen-bond acceptors (Lipinski definition) is 2. The van der Waals surface area contributed by atoms with E-state index in [1.807, 2.05) is 0 Å². The molecule has 11 rings (SSSR count). The predicted molar refractivity (Wildman–Crippen MR) is 240 cm³/mol. The summed E-state index contributed by atoms with van der Waals surface area (Å²) in [4.78, 5) is 2.48. The van der Waals surface area contributed by atoms with Crippen molar-refractivity contribution in [1.29, 1.82) is 0 Å². The zero-order valence-corrected chi connectivity index (χ0v) is 33.4. The van der Waals surface area contributed by atoms with E-state index in [0.717, 1.165) is 39.0 Å². The van der Waals surface area contributed by atoms with E-state index in [-0.39, 0.29) is 10.8 Å². The van der Waals surface area contributed by atoms with Crippen molar-refractivity contribution in [1.82, 2.24) is 0 Å². The van der Waals surface area contributed by atoms with Crippen LogP contribution < -0.4 is 4.90 Å². The maximum atomic E-state index is 7.24. The molecule has 276 valence electrons. The molecule has 0 saturated heterocycles. The van der Waals surface area contributed by atoms with Crippen molar-refractivity contribution in [2.75, 3.05) is 4.90 Å². The van der Waals surface area contributed by atoms with Gasteiger partial charge in [-0.1, -0.05) is 169 Å². The van der Waals surface area contributed by atoms with Gasteiger partial charge in [-0.05, 0) is 108 Å². The number of fused-ring (bicyclic) bond motifs is 13. The lowest BCUT2D eigenvalue weighted by Gasteiger charge is -2.41.